The minimum Gasteiger partial charge on any atom is -0.494 e. The number of pyridine rings is 1. The minimum atomic E-state index is -1.02. The predicted octanol–water partition coefficient (Wildman–Crippen LogP) is 3.10. The fourth-order valence-corrected chi connectivity index (χ4v) is 1.59. The number of hydrogen-bond donors (Lipinski definition) is 1. The Morgan fingerprint density at radius 2 is 2.10 bits per heavy atom. The van der Waals surface area contributed by atoms with E-state index >= 15 is 0 Å². The van der Waals surface area contributed by atoms with E-state index in [0.29, 0.717) is 5.69 Å². The first-order chi connectivity index (χ1) is 9.60. The number of nitrogens with zero attached hydrogens (tertiary/aromatic N) is 1. The van der Waals surface area contributed by atoms with Crippen LogP contribution in [0.2, 0.25) is 0 Å². The van der Waals surface area contributed by atoms with Crippen LogP contribution < -0.4 is 4.74 Å². The second kappa shape index (κ2) is 5.97. The van der Waals surface area contributed by atoms with Crippen molar-refractivity contribution in [2.45, 2.75) is 0 Å². The number of methoxy groups -OCH3 is 1. The maximum absolute atomic E-state index is 13.2. The van der Waals surface area contributed by atoms with Gasteiger partial charge in [0.1, 0.15) is 0 Å². The Morgan fingerprint density at radius 1 is 1.30 bits per heavy atom. The molecule has 5 heteroatoms. The van der Waals surface area contributed by atoms with Gasteiger partial charge in [0.25, 0.3) is 0 Å². The van der Waals surface area contributed by atoms with Gasteiger partial charge in [0.05, 0.1) is 18.4 Å². The van der Waals surface area contributed by atoms with E-state index in [0.717, 1.165) is 5.56 Å². The van der Waals surface area contributed by atoms with Crippen LogP contribution in [0.3, 0.4) is 0 Å². The molecular formula is C15H12FNO3. The fourth-order valence-electron chi connectivity index (χ4n) is 1.59. The van der Waals surface area contributed by atoms with Gasteiger partial charge in [-0.05, 0) is 35.9 Å². The Morgan fingerprint density at radius 3 is 2.70 bits per heavy atom. The van der Waals surface area contributed by atoms with Crippen molar-refractivity contribution < 1.29 is 19.0 Å². The number of aromatic nitrogens is 1. The number of benzene rings is 1. The summed E-state index contributed by atoms with van der Waals surface area (Å²) in [4.78, 5) is 14.7. The summed E-state index contributed by atoms with van der Waals surface area (Å²) in [6.07, 6.45) is 4.73. The molecule has 1 N–H and O–H groups in total. The summed E-state index contributed by atoms with van der Waals surface area (Å²) in [6.45, 7) is 0. The highest BCUT2D eigenvalue weighted by Crippen LogP contribution is 2.19. The minimum absolute atomic E-state index is 0.130. The Hall–Kier alpha value is -2.69. The van der Waals surface area contributed by atoms with Crippen LogP contribution in [0.4, 0.5) is 4.39 Å². The van der Waals surface area contributed by atoms with Crippen molar-refractivity contribution in [2.75, 3.05) is 7.11 Å². The Bertz CT molecular complexity index is 651. The lowest BCUT2D eigenvalue weighted by atomic mass is 10.1. The first-order valence-corrected chi connectivity index (χ1v) is 5.81. The molecule has 0 bridgehead atoms. The van der Waals surface area contributed by atoms with Crippen LogP contribution in [0.25, 0.3) is 12.2 Å². The van der Waals surface area contributed by atoms with Crippen molar-refractivity contribution >= 4 is 18.1 Å². The van der Waals surface area contributed by atoms with E-state index in [1.807, 2.05) is 0 Å². The van der Waals surface area contributed by atoms with Gasteiger partial charge >= 0.3 is 5.97 Å². The van der Waals surface area contributed by atoms with E-state index in [-0.39, 0.29) is 11.3 Å². The molecule has 0 spiro atoms. The van der Waals surface area contributed by atoms with Crippen molar-refractivity contribution in [1.29, 1.82) is 0 Å². The number of carbonyl (C=O) groups is 1. The van der Waals surface area contributed by atoms with Crippen molar-refractivity contribution in [1.82, 2.24) is 4.98 Å². The van der Waals surface area contributed by atoms with Crippen LogP contribution in [-0.2, 0) is 0 Å². The molecule has 2 rings (SSSR count). The average molecular weight is 273 g/mol. The third-order valence-corrected chi connectivity index (χ3v) is 2.66. The highest BCUT2D eigenvalue weighted by molar-refractivity contribution is 5.87. The van der Waals surface area contributed by atoms with Crippen molar-refractivity contribution in [3.8, 4) is 5.75 Å². The highest BCUT2D eigenvalue weighted by Gasteiger charge is 2.03. The first kappa shape index (κ1) is 13.7. The van der Waals surface area contributed by atoms with Crippen LogP contribution in [0.15, 0.2) is 36.5 Å². The molecule has 0 aliphatic carbocycles. The molecule has 0 saturated heterocycles. The van der Waals surface area contributed by atoms with Gasteiger partial charge in [-0.3, -0.25) is 4.98 Å². The van der Waals surface area contributed by atoms with Gasteiger partial charge in [0.2, 0.25) is 0 Å². The van der Waals surface area contributed by atoms with E-state index in [1.165, 1.54) is 25.4 Å². The van der Waals surface area contributed by atoms with Crippen molar-refractivity contribution in [3.05, 3.63) is 59.2 Å². The Balaban J connectivity index is 2.18. The van der Waals surface area contributed by atoms with E-state index in [1.54, 1.807) is 30.4 Å². The molecule has 4 nitrogen and oxygen atoms in total. The number of halogens is 1. The molecule has 0 unspecified atom stereocenters. The third-order valence-electron chi connectivity index (χ3n) is 2.66. The smallest absolute Gasteiger partial charge is 0.337 e. The molecule has 0 aliphatic heterocycles. The lowest BCUT2D eigenvalue weighted by Gasteiger charge is -2.02. The zero-order valence-electron chi connectivity index (χ0n) is 10.7. The molecule has 1 aromatic carbocycles. The summed E-state index contributed by atoms with van der Waals surface area (Å²) in [6, 6.07) is 7.57. The molecule has 20 heavy (non-hydrogen) atoms. The summed E-state index contributed by atoms with van der Waals surface area (Å²) < 4.78 is 18.1. The number of rotatable bonds is 4. The normalized spacial score (nSPS) is 10.7. The van der Waals surface area contributed by atoms with Gasteiger partial charge in [-0.1, -0.05) is 12.1 Å². The van der Waals surface area contributed by atoms with Crippen molar-refractivity contribution in [2.24, 2.45) is 0 Å². The number of ether oxygens (including phenoxy) is 1. The number of hydrogen-bond acceptors (Lipinski definition) is 3. The van der Waals surface area contributed by atoms with Gasteiger partial charge < -0.3 is 9.84 Å². The van der Waals surface area contributed by atoms with Gasteiger partial charge in [-0.25, -0.2) is 9.18 Å². The SMILES string of the molecule is COc1cc(/C=C/c2ccc(C(=O)O)cn2)ccc1F. The quantitative estimate of drug-likeness (QED) is 0.929. The van der Waals surface area contributed by atoms with E-state index in [9.17, 15) is 9.18 Å². The van der Waals surface area contributed by atoms with Gasteiger partial charge in [0.15, 0.2) is 11.6 Å². The Labute approximate surface area is 115 Å². The van der Waals surface area contributed by atoms with Gasteiger partial charge in [-0.15, -0.1) is 0 Å². The number of carboxylic acids is 1. The Kier molecular flexibility index (Phi) is 4.10. The number of aromatic carboxylic acids is 1. The first-order valence-electron chi connectivity index (χ1n) is 5.81. The lowest BCUT2D eigenvalue weighted by Crippen LogP contribution is -1.96. The van der Waals surface area contributed by atoms with Crippen LogP contribution >= 0.6 is 0 Å². The monoisotopic (exact) mass is 273 g/mol. The molecule has 0 aliphatic rings. The van der Waals surface area contributed by atoms with Crippen LogP contribution in [0, 0.1) is 5.82 Å². The maximum Gasteiger partial charge on any atom is 0.337 e. The molecule has 1 heterocycles. The average Bonchev–Trinajstić information content (AvgIpc) is 2.46. The standard InChI is InChI=1S/C15H12FNO3/c1-20-14-8-10(3-7-13(14)16)2-5-12-6-4-11(9-17-12)15(18)19/h2-9H,1H3,(H,18,19)/b5-2+. The summed E-state index contributed by atoms with van der Waals surface area (Å²) in [7, 11) is 1.40. The molecule has 0 saturated carbocycles. The second-order valence-corrected chi connectivity index (χ2v) is 4.00. The van der Waals surface area contributed by atoms with Crippen LogP contribution in [0.1, 0.15) is 21.6 Å². The van der Waals surface area contributed by atoms with Crippen molar-refractivity contribution in [3.63, 3.8) is 0 Å². The van der Waals surface area contributed by atoms with E-state index in [2.05, 4.69) is 4.98 Å². The topological polar surface area (TPSA) is 59.4 Å². The molecule has 102 valence electrons. The third kappa shape index (κ3) is 3.20. The summed E-state index contributed by atoms with van der Waals surface area (Å²) in [5, 5.41) is 8.76. The predicted molar refractivity (Wildman–Crippen MR) is 73.1 cm³/mol. The molecule has 0 atom stereocenters. The summed E-state index contributed by atoms with van der Waals surface area (Å²) >= 11 is 0. The van der Waals surface area contributed by atoms with E-state index < -0.39 is 11.8 Å². The van der Waals surface area contributed by atoms with Crippen LogP contribution in [0.5, 0.6) is 5.75 Å². The molecule has 0 fully saturated rings. The van der Waals surface area contributed by atoms with Crippen LogP contribution in [-0.4, -0.2) is 23.2 Å². The largest absolute Gasteiger partial charge is 0.494 e. The van der Waals surface area contributed by atoms with Gasteiger partial charge in [0, 0.05) is 6.20 Å². The molecule has 2 aromatic rings. The number of carboxylic acid groups (broad SMARTS) is 1. The van der Waals surface area contributed by atoms with E-state index in [4.69, 9.17) is 9.84 Å². The highest BCUT2D eigenvalue weighted by atomic mass is 19.1. The second-order valence-electron chi connectivity index (χ2n) is 4.00. The zero-order chi connectivity index (χ0) is 14.5. The molecule has 0 radical (unpaired) electrons. The lowest BCUT2D eigenvalue weighted by molar-refractivity contribution is 0.0696. The molecule has 0 amide bonds. The summed E-state index contributed by atoms with van der Waals surface area (Å²) in [5.41, 5.74) is 1.50. The maximum atomic E-state index is 13.2. The summed E-state index contributed by atoms with van der Waals surface area (Å²) in [5.74, 6) is -1.27. The zero-order valence-corrected chi connectivity index (χ0v) is 10.7. The fraction of sp³-hybridized carbons (Fsp3) is 0.0667. The van der Waals surface area contributed by atoms with Gasteiger partial charge in [-0.2, -0.15) is 0 Å². The molecule has 1 aromatic heterocycles. The molecular weight excluding hydrogens is 261 g/mol.